The number of hydrogen-bond donors (Lipinski definition) is 1. The smallest absolute Gasteiger partial charge is 0.334 e. The van der Waals surface area contributed by atoms with Crippen LogP contribution in [0.15, 0.2) is 30.3 Å². The van der Waals surface area contributed by atoms with Gasteiger partial charge in [0.25, 0.3) is 0 Å². The van der Waals surface area contributed by atoms with Crippen LogP contribution >= 0.6 is 0 Å². The van der Waals surface area contributed by atoms with Crippen LogP contribution < -0.4 is 0 Å². The first-order chi connectivity index (χ1) is 9.56. The van der Waals surface area contributed by atoms with Crippen LogP contribution in [0.5, 0.6) is 0 Å². The molecule has 1 heterocycles. The number of ether oxygens (including phenoxy) is 1. The summed E-state index contributed by atoms with van der Waals surface area (Å²) in [5, 5.41) is 8.90. The van der Waals surface area contributed by atoms with Crippen LogP contribution in [-0.2, 0) is 14.3 Å². The minimum absolute atomic E-state index is 0.0896. The van der Waals surface area contributed by atoms with E-state index in [0.717, 1.165) is 11.1 Å². The molecule has 1 unspecified atom stereocenters. The molecule has 1 aliphatic heterocycles. The van der Waals surface area contributed by atoms with E-state index in [1.54, 1.807) is 6.08 Å². The number of nitrogens with zero attached hydrogens (tertiary/aromatic N) is 1. The van der Waals surface area contributed by atoms with Gasteiger partial charge in [-0.05, 0) is 18.6 Å². The average molecular weight is 275 g/mol. The van der Waals surface area contributed by atoms with Crippen LogP contribution in [0.2, 0.25) is 0 Å². The molecule has 1 N–H and O–H groups in total. The van der Waals surface area contributed by atoms with E-state index in [9.17, 15) is 9.59 Å². The van der Waals surface area contributed by atoms with Crippen molar-refractivity contribution in [3.8, 4) is 0 Å². The zero-order valence-corrected chi connectivity index (χ0v) is 11.3. The summed E-state index contributed by atoms with van der Waals surface area (Å²) in [5.41, 5.74) is 2.07. The largest absolute Gasteiger partial charge is 0.479 e. The summed E-state index contributed by atoms with van der Waals surface area (Å²) in [6.07, 6.45) is 2.28. The number of carboxylic acid groups (broad SMARTS) is 1. The van der Waals surface area contributed by atoms with Crippen molar-refractivity contribution in [1.29, 1.82) is 0 Å². The van der Waals surface area contributed by atoms with Crippen LogP contribution in [0.3, 0.4) is 0 Å². The molecule has 1 amide bonds. The Balaban J connectivity index is 1.99. The molecule has 1 saturated heterocycles. The number of hydrogen-bond acceptors (Lipinski definition) is 3. The van der Waals surface area contributed by atoms with Gasteiger partial charge in [0, 0.05) is 12.6 Å². The molecular weight excluding hydrogens is 258 g/mol. The van der Waals surface area contributed by atoms with Crippen molar-refractivity contribution in [2.24, 2.45) is 0 Å². The Morgan fingerprint density at radius 2 is 2.25 bits per heavy atom. The van der Waals surface area contributed by atoms with E-state index in [1.165, 1.54) is 11.0 Å². The van der Waals surface area contributed by atoms with Gasteiger partial charge in [-0.15, -0.1) is 0 Å². The third kappa shape index (κ3) is 3.68. The molecule has 106 valence electrons. The lowest BCUT2D eigenvalue weighted by Gasteiger charge is -2.30. The van der Waals surface area contributed by atoms with Gasteiger partial charge in [-0.3, -0.25) is 4.79 Å². The van der Waals surface area contributed by atoms with Crippen molar-refractivity contribution >= 4 is 18.0 Å². The second-order valence-corrected chi connectivity index (χ2v) is 4.73. The lowest BCUT2D eigenvalue weighted by Crippen LogP contribution is -2.48. The molecule has 1 aromatic carbocycles. The summed E-state index contributed by atoms with van der Waals surface area (Å²) in [6, 6.07) is 7.80. The molecular formula is C15H17NO4. The highest BCUT2D eigenvalue weighted by Gasteiger charge is 2.27. The third-order valence-electron chi connectivity index (χ3n) is 3.11. The second-order valence-electron chi connectivity index (χ2n) is 4.73. The standard InChI is InChI=1S/C15H17NO4/c1-11-3-2-4-12(9-11)5-6-14(17)16-7-8-20-13(10-16)15(18)19/h2-6,9,13H,7-8,10H2,1H3,(H,18,19)/b6-5+. The summed E-state index contributed by atoms with van der Waals surface area (Å²) in [6.45, 7) is 2.74. The summed E-state index contributed by atoms with van der Waals surface area (Å²) in [7, 11) is 0. The Bertz CT molecular complexity index is 538. The molecule has 0 aromatic heterocycles. The summed E-state index contributed by atoms with van der Waals surface area (Å²) < 4.78 is 5.08. The van der Waals surface area contributed by atoms with Gasteiger partial charge >= 0.3 is 5.97 Å². The molecule has 0 saturated carbocycles. The zero-order valence-electron chi connectivity index (χ0n) is 11.3. The van der Waals surface area contributed by atoms with E-state index in [-0.39, 0.29) is 19.1 Å². The Kier molecular flexibility index (Phi) is 4.53. The van der Waals surface area contributed by atoms with Crippen LogP contribution in [0.1, 0.15) is 11.1 Å². The maximum absolute atomic E-state index is 12.0. The molecule has 1 aromatic rings. The number of benzene rings is 1. The van der Waals surface area contributed by atoms with Crippen LogP contribution in [0.25, 0.3) is 6.08 Å². The predicted molar refractivity (Wildman–Crippen MR) is 74.2 cm³/mol. The number of carbonyl (C=O) groups is 2. The number of aryl methyl sites for hydroxylation is 1. The normalized spacial score (nSPS) is 19.2. The predicted octanol–water partition coefficient (Wildman–Crippen LogP) is 1.32. The number of aliphatic carboxylic acids is 1. The fourth-order valence-corrected chi connectivity index (χ4v) is 2.05. The molecule has 0 bridgehead atoms. The van der Waals surface area contributed by atoms with Crippen molar-refractivity contribution in [3.05, 3.63) is 41.5 Å². The Morgan fingerprint density at radius 3 is 2.95 bits per heavy atom. The van der Waals surface area contributed by atoms with Crippen LogP contribution in [0, 0.1) is 6.92 Å². The van der Waals surface area contributed by atoms with Crippen molar-refractivity contribution in [2.75, 3.05) is 19.7 Å². The van der Waals surface area contributed by atoms with Crippen molar-refractivity contribution in [3.63, 3.8) is 0 Å². The highest BCUT2D eigenvalue weighted by molar-refractivity contribution is 5.92. The molecule has 2 rings (SSSR count). The van der Waals surface area contributed by atoms with Gasteiger partial charge < -0.3 is 14.7 Å². The maximum atomic E-state index is 12.0. The van der Waals surface area contributed by atoms with Gasteiger partial charge in [-0.1, -0.05) is 29.8 Å². The summed E-state index contributed by atoms with van der Waals surface area (Å²) in [4.78, 5) is 24.4. The quantitative estimate of drug-likeness (QED) is 0.845. The highest BCUT2D eigenvalue weighted by atomic mass is 16.5. The summed E-state index contributed by atoms with van der Waals surface area (Å²) >= 11 is 0. The van der Waals surface area contributed by atoms with Gasteiger partial charge in [-0.2, -0.15) is 0 Å². The van der Waals surface area contributed by atoms with E-state index in [4.69, 9.17) is 9.84 Å². The van der Waals surface area contributed by atoms with E-state index in [1.807, 2.05) is 31.2 Å². The molecule has 0 spiro atoms. The Morgan fingerprint density at radius 1 is 1.45 bits per heavy atom. The third-order valence-corrected chi connectivity index (χ3v) is 3.11. The lowest BCUT2D eigenvalue weighted by atomic mass is 10.1. The SMILES string of the molecule is Cc1cccc(/C=C/C(=O)N2CCOC(C(=O)O)C2)c1. The number of rotatable bonds is 3. The first-order valence-corrected chi connectivity index (χ1v) is 6.44. The molecule has 5 nitrogen and oxygen atoms in total. The monoisotopic (exact) mass is 275 g/mol. The first kappa shape index (κ1) is 14.3. The van der Waals surface area contributed by atoms with Gasteiger partial charge in [0.2, 0.25) is 5.91 Å². The molecule has 0 aliphatic carbocycles. The fraction of sp³-hybridized carbons (Fsp3) is 0.333. The number of morpholine rings is 1. The zero-order chi connectivity index (χ0) is 14.5. The number of amides is 1. The topological polar surface area (TPSA) is 66.8 Å². The maximum Gasteiger partial charge on any atom is 0.334 e. The van der Waals surface area contributed by atoms with Gasteiger partial charge in [0.15, 0.2) is 6.10 Å². The Labute approximate surface area is 117 Å². The second kappa shape index (κ2) is 6.34. The van der Waals surface area contributed by atoms with Gasteiger partial charge in [-0.25, -0.2) is 4.79 Å². The van der Waals surface area contributed by atoms with Crippen LogP contribution in [-0.4, -0.2) is 47.7 Å². The molecule has 5 heteroatoms. The van der Waals surface area contributed by atoms with Gasteiger partial charge in [0.1, 0.15) is 0 Å². The molecule has 1 atom stereocenters. The minimum atomic E-state index is -1.04. The van der Waals surface area contributed by atoms with Crippen LogP contribution in [0.4, 0.5) is 0 Å². The Hall–Kier alpha value is -2.14. The van der Waals surface area contributed by atoms with Crippen molar-refractivity contribution < 1.29 is 19.4 Å². The average Bonchev–Trinajstić information content (AvgIpc) is 2.45. The van der Waals surface area contributed by atoms with E-state index in [0.29, 0.717) is 6.54 Å². The first-order valence-electron chi connectivity index (χ1n) is 6.44. The minimum Gasteiger partial charge on any atom is -0.479 e. The molecule has 20 heavy (non-hydrogen) atoms. The van der Waals surface area contributed by atoms with E-state index < -0.39 is 12.1 Å². The van der Waals surface area contributed by atoms with Gasteiger partial charge in [0.05, 0.1) is 13.2 Å². The van der Waals surface area contributed by atoms with Crippen molar-refractivity contribution in [2.45, 2.75) is 13.0 Å². The highest BCUT2D eigenvalue weighted by Crippen LogP contribution is 2.09. The van der Waals surface area contributed by atoms with E-state index >= 15 is 0 Å². The number of carbonyl (C=O) groups excluding carboxylic acids is 1. The molecule has 0 radical (unpaired) electrons. The molecule has 1 aliphatic rings. The van der Waals surface area contributed by atoms with E-state index in [2.05, 4.69) is 0 Å². The fourth-order valence-electron chi connectivity index (χ4n) is 2.05. The summed E-state index contributed by atoms with van der Waals surface area (Å²) in [5.74, 6) is -1.23. The lowest BCUT2D eigenvalue weighted by molar-refractivity contribution is -0.158. The number of carboxylic acids is 1. The van der Waals surface area contributed by atoms with Crippen molar-refractivity contribution in [1.82, 2.24) is 4.90 Å². The molecule has 1 fully saturated rings.